The maximum Gasteiger partial charge on any atom is 0.257 e. The number of hydrogen-bond donors (Lipinski definition) is 1. The SMILES string of the molecule is Cc1cc(NC(=O)c2cc(Br)ccc2Cl)ccc1F. The lowest BCUT2D eigenvalue weighted by Gasteiger charge is -2.08. The van der Waals surface area contributed by atoms with Gasteiger partial charge < -0.3 is 5.32 Å². The summed E-state index contributed by atoms with van der Waals surface area (Å²) in [5.74, 6) is -0.643. The Bertz CT molecular complexity index is 645. The Morgan fingerprint density at radius 3 is 2.68 bits per heavy atom. The maximum atomic E-state index is 13.1. The standard InChI is InChI=1S/C14H10BrClFNO/c1-8-6-10(3-5-13(8)17)18-14(19)11-7-9(15)2-4-12(11)16/h2-7H,1H3,(H,18,19). The van der Waals surface area contributed by atoms with Gasteiger partial charge in [0.15, 0.2) is 0 Å². The predicted molar refractivity (Wildman–Crippen MR) is 78.2 cm³/mol. The fourth-order valence-electron chi connectivity index (χ4n) is 1.59. The monoisotopic (exact) mass is 341 g/mol. The number of halogens is 3. The van der Waals surface area contributed by atoms with Crippen molar-refractivity contribution in [1.82, 2.24) is 0 Å². The summed E-state index contributed by atoms with van der Waals surface area (Å²) >= 11 is 9.26. The van der Waals surface area contributed by atoms with Gasteiger partial charge in [0, 0.05) is 10.2 Å². The van der Waals surface area contributed by atoms with Crippen molar-refractivity contribution in [3.05, 3.63) is 62.8 Å². The highest BCUT2D eigenvalue weighted by atomic mass is 79.9. The van der Waals surface area contributed by atoms with Crippen LogP contribution < -0.4 is 5.32 Å². The number of nitrogens with one attached hydrogen (secondary N) is 1. The highest BCUT2D eigenvalue weighted by Crippen LogP contribution is 2.22. The molecule has 0 radical (unpaired) electrons. The summed E-state index contributed by atoms with van der Waals surface area (Å²) < 4.78 is 13.9. The highest BCUT2D eigenvalue weighted by Gasteiger charge is 2.11. The molecule has 0 aromatic heterocycles. The van der Waals surface area contributed by atoms with Gasteiger partial charge >= 0.3 is 0 Å². The van der Waals surface area contributed by atoms with Crippen molar-refractivity contribution < 1.29 is 9.18 Å². The molecule has 19 heavy (non-hydrogen) atoms. The first-order chi connectivity index (χ1) is 8.97. The average molecular weight is 343 g/mol. The fourth-order valence-corrected chi connectivity index (χ4v) is 2.16. The van der Waals surface area contributed by atoms with Crippen molar-refractivity contribution in [1.29, 1.82) is 0 Å². The second-order valence-corrected chi connectivity index (χ2v) is 5.37. The van der Waals surface area contributed by atoms with E-state index in [1.54, 1.807) is 31.2 Å². The zero-order valence-electron chi connectivity index (χ0n) is 10.0. The van der Waals surface area contributed by atoms with Gasteiger partial charge in [0.05, 0.1) is 10.6 Å². The van der Waals surface area contributed by atoms with Gasteiger partial charge in [0.2, 0.25) is 0 Å². The van der Waals surface area contributed by atoms with Crippen LogP contribution in [0.2, 0.25) is 5.02 Å². The minimum Gasteiger partial charge on any atom is -0.322 e. The van der Waals surface area contributed by atoms with Crippen LogP contribution in [0.3, 0.4) is 0 Å². The van der Waals surface area contributed by atoms with Gasteiger partial charge in [0.1, 0.15) is 5.82 Å². The molecule has 0 aliphatic carbocycles. The topological polar surface area (TPSA) is 29.1 Å². The zero-order chi connectivity index (χ0) is 14.0. The molecule has 1 amide bonds. The van der Waals surface area contributed by atoms with Gasteiger partial charge in [-0.2, -0.15) is 0 Å². The summed E-state index contributed by atoms with van der Waals surface area (Å²) in [5, 5.41) is 3.04. The van der Waals surface area contributed by atoms with Crippen molar-refractivity contribution in [3.8, 4) is 0 Å². The van der Waals surface area contributed by atoms with Crippen LogP contribution in [0.4, 0.5) is 10.1 Å². The summed E-state index contributed by atoms with van der Waals surface area (Å²) in [6.45, 7) is 1.64. The lowest BCUT2D eigenvalue weighted by atomic mass is 10.2. The predicted octanol–water partition coefficient (Wildman–Crippen LogP) is 4.80. The molecule has 0 heterocycles. The molecule has 0 saturated carbocycles. The van der Waals surface area contributed by atoms with Crippen LogP contribution in [0.5, 0.6) is 0 Å². The third-order valence-electron chi connectivity index (χ3n) is 2.59. The number of amides is 1. The summed E-state index contributed by atoms with van der Waals surface area (Å²) in [5.41, 5.74) is 1.36. The van der Waals surface area contributed by atoms with E-state index in [0.717, 1.165) is 4.47 Å². The van der Waals surface area contributed by atoms with Crippen molar-refractivity contribution in [2.24, 2.45) is 0 Å². The van der Waals surface area contributed by atoms with E-state index < -0.39 is 0 Å². The van der Waals surface area contributed by atoms with Crippen LogP contribution in [0, 0.1) is 12.7 Å². The number of benzene rings is 2. The molecule has 2 aromatic rings. The van der Waals surface area contributed by atoms with Gasteiger partial charge in [0.25, 0.3) is 5.91 Å². The van der Waals surface area contributed by atoms with E-state index in [-0.39, 0.29) is 11.7 Å². The number of rotatable bonds is 2. The first-order valence-corrected chi connectivity index (χ1v) is 6.67. The number of carbonyl (C=O) groups excluding carboxylic acids is 1. The third kappa shape index (κ3) is 3.33. The maximum absolute atomic E-state index is 13.1. The second kappa shape index (κ2) is 5.72. The van der Waals surface area contributed by atoms with E-state index >= 15 is 0 Å². The van der Waals surface area contributed by atoms with Crippen molar-refractivity contribution in [2.45, 2.75) is 6.92 Å². The largest absolute Gasteiger partial charge is 0.322 e. The smallest absolute Gasteiger partial charge is 0.257 e. The zero-order valence-corrected chi connectivity index (χ0v) is 12.3. The van der Waals surface area contributed by atoms with E-state index in [9.17, 15) is 9.18 Å². The molecule has 1 N–H and O–H groups in total. The quantitative estimate of drug-likeness (QED) is 0.834. The Labute approximate surface area is 123 Å². The first kappa shape index (κ1) is 14.0. The summed E-state index contributed by atoms with van der Waals surface area (Å²) in [6, 6.07) is 9.41. The van der Waals surface area contributed by atoms with E-state index in [2.05, 4.69) is 21.2 Å². The molecule has 0 spiro atoms. The van der Waals surface area contributed by atoms with Gasteiger partial charge in [-0.1, -0.05) is 27.5 Å². The van der Waals surface area contributed by atoms with Crippen LogP contribution in [-0.4, -0.2) is 5.91 Å². The minimum absolute atomic E-state index is 0.307. The van der Waals surface area contributed by atoms with Crippen LogP contribution >= 0.6 is 27.5 Å². The average Bonchev–Trinajstić information content (AvgIpc) is 2.36. The molecule has 0 atom stereocenters. The molecule has 5 heteroatoms. The molecular formula is C14H10BrClFNO. The molecule has 0 aliphatic heterocycles. The molecule has 2 rings (SSSR count). The molecule has 0 fully saturated rings. The van der Waals surface area contributed by atoms with E-state index in [4.69, 9.17) is 11.6 Å². The second-order valence-electron chi connectivity index (χ2n) is 4.04. The molecule has 0 bridgehead atoms. The van der Waals surface area contributed by atoms with Crippen LogP contribution in [-0.2, 0) is 0 Å². The van der Waals surface area contributed by atoms with Crippen molar-refractivity contribution in [2.75, 3.05) is 5.32 Å². The lowest BCUT2D eigenvalue weighted by molar-refractivity contribution is 0.102. The van der Waals surface area contributed by atoms with Crippen molar-refractivity contribution in [3.63, 3.8) is 0 Å². The Balaban J connectivity index is 2.25. The number of anilines is 1. The summed E-state index contributed by atoms with van der Waals surface area (Å²) in [7, 11) is 0. The van der Waals surface area contributed by atoms with E-state index in [1.807, 2.05) is 0 Å². The Kier molecular flexibility index (Phi) is 4.22. The van der Waals surface area contributed by atoms with E-state index in [0.29, 0.717) is 21.8 Å². The normalized spacial score (nSPS) is 10.3. The van der Waals surface area contributed by atoms with Gasteiger partial charge in [-0.25, -0.2) is 4.39 Å². The Morgan fingerprint density at radius 2 is 2.00 bits per heavy atom. The molecule has 0 aliphatic rings. The molecule has 98 valence electrons. The highest BCUT2D eigenvalue weighted by molar-refractivity contribution is 9.10. The first-order valence-electron chi connectivity index (χ1n) is 5.50. The molecule has 2 nitrogen and oxygen atoms in total. The van der Waals surface area contributed by atoms with Gasteiger partial charge in [-0.15, -0.1) is 0 Å². The fraction of sp³-hybridized carbons (Fsp3) is 0.0714. The molecular weight excluding hydrogens is 333 g/mol. The molecule has 2 aromatic carbocycles. The van der Waals surface area contributed by atoms with Crippen LogP contribution in [0.1, 0.15) is 15.9 Å². The summed E-state index contributed by atoms with van der Waals surface area (Å²) in [4.78, 5) is 12.1. The Hall–Kier alpha value is -1.39. The molecule has 0 saturated heterocycles. The van der Waals surface area contributed by atoms with Crippen LogP contribution in [0.15, 0.2) is 40.9 Å². The number of carbonyl (C=O) groups is 1. The van der Waals surface area contributed by atoms with Gasteiger partial charge in [-0.05, 0) is 48.9 Å². The van der Waals surface area contributed by atoms with Crippen LogP contribution in [0.25, 0.3) is 0 Å². The van der Waals surface area contributed by atoms with E-state index in [1.165, 1.54) is 12.1 Å². The molecule has 0 unspecified atom stereocenters. The van der Waals surface area contributed by atoms with Gasteiger partial charge in [-0.3, -0.25) is 4.79 Å². The minimum atomic E-state index is -0.336. The Morgan fingerprint density at radius 1 is 1.26 bits per heavy atom. The summed E-state index contributed by atoms with van der Waals surface area (Å²) in [6.07, 6.45) is 0. The van der Waals surface area contributed by atoms with Crippen molar-refractivity contribution >= 4 is 39.1 Å². The third-order valence-corrected chi connectivity index (χ3v) is 3.41. The lowest BCUT2D eigenvalue weighted by Crippen LogP contribution is -2.12. The number of hydrogen-bond acceptors (Lipinski definition) is 1. The number of aryl methyl sites for hydroxylation is 1.